The van der Waals surface area contributed by atoms with Crippen LogP contribution in [0.15, 0.2) is 40.2 Å². The van der Waals surface area contributed by atoms with Gasteiger partial charge >= 0.3 is 0 Å². The molecule has 1 aliphatic rings. The minimum absolute atomic E-state index is 0.534. The Kier molecular flexibility index (Phi) is 4.90. The van der Waals surface area contributed by atoms with Crippen molar-refractivity contribution in [2.75, 3.05) is 20.8 Å². The number of benzene rings is 1. The average Bonchev–Trinajstić information content (AvgIpc) is 3.42. The van der Waals surface area contributed by atoms with E-state index in [1.807, 2.05) is 29.5 Å². The summed E-state index contributed by atoms with van der Waals surface area (Å²) in [7, 11) is 3.23. The molecule has 2 aromatic heterocycles. The van der Waals surface area contributed by atoms with E-state index in [1.54, 1.807) is 14.2 Å². The Morgan fingerprint density at radius 3 is 2.88 bits per heavy atom. The highest BCUT2D eigenvalue weighted by Crippen LogP contribution is 2.31. The highest BCUT2D eigenvalue weighted by molar-refractivity contribution is 7.10. The zero-order chi connectivity index (χ0) is 17.9. The number of nitrogens with one attached hydrogen (secondary N) is 1. The van der Waals surface area contributed by atoms with Crippen LogP contribution in [-0.4, -0.2) is 30.9 Å². The molecule has 1 aromatic carbocycles. The van der Waals surface area contributed by atoms with E-state index in [0.29, 0.717) is 29.3 Å². The van der Waals surface area contributed by atoms with E-state index in [-0.39, 0.29) is 0 Å². The summed E-state index contributed by atoms with van der Waals surface area (Å²) in [6, 6.07) is 10.5. The summed E-state index contributed by atoms with van der Waals surface area (Å²) < 4.78 is 16.2. The van der Waals surface area contributed by atoms with Gasteiger partial charge in [-0.25, -0.2) is 0 Å². The van der Waals surface area contributed by atoms with Crippen LogP contribution in [0.25, 0.3) is 11.4 Å². The summed E-state index contributed by atoms with van der Waals surface area (Å²) >= 11 is 1.83. The molecule has 6 nitrogen and oxygen atoms in total. The predicted molar refractivity (Wildman–Crippen MR) is 98.7 cm³/mol. The highest BCUT2D eigenvalue weighted by atomic mass is 32.1. The Hall–Kier alpha value is -2.38. The number of ether oxygens (including phenoxy) is 2. The molecular weight excluding hydrogens is 350 g/mol. The van der Waals surface area contributed by atoms with Gasteiger partial charge in [0.05, 0.1) is 25.6 Å². The van der Waals surface area contributed by atoms with Crippen LogP contribution in [0.5, 0.6) is 11.5 Å². The van der Waals surface area contributed by atoms with Gasteiger partial charge in [0.25, 0.3) is 5.89 Å². The van der Waals surface area contributed by atoms with E-state index in [9.17, 15) is 0 Å². The largest absolute Gasteiger partial charge is 0.493 e. The molecule has 0 amide bonds. The molecule has 7 heteroatoms. The molecule has 2 atom stereocenters. The fourth-order valence-electron chi connectivity index (χ4n) is 3.57. The molecule has 1 saturated heterocycles. The maximum absolute atomic E-state index is 5.53. The molecule has 0 bridgehead atoms. The van der Waals surface area contributed by atoms with Crippen molar-refractivity contribution < 1.29 is 18.9 Å². The number of quaternary nitrogens is 1. The number of nitrogens with zero attached hydrogens (tertiary/aromatic N) is 2. The molecule has 4 rings (SSSR count). The van der Waals surface area contributed by atoms with Crippen molar-refractivity contribution in [3.8, 4) is 22.9 Å². The molecular formula is C19H22N3O3S+. The van der Waals surface area contributed by atoms with Crippen molar-refractivity contribution in [2.45, 2.75) is 25.4 Å². The summed E-state index contributed by atoms with van der Waals surface area (Å²) in [6.45, 7) is 1.89. The quantitative estimate of drug-likeness (QED) is 0.721. The SMILES string of the molecule is COc1ccc(-c2noc(C[NH+]3CCC[C@H]3c3cccs3)n2)cc1OC. The summed E-state index contributed by atoms with van der Waals surface area (Å²) in [6.07, 6.45) is 2.45. The molecule has 0 radical (unpaired) electrons. The van der Waals surface area contributed by atoms with E-state index in [1.165, 1.54) is 22.6 Å². The topological polar surface area (TPSA) is 61.8 Å². The van der Waals surface area contributed by atoms with Crippen LogP contribution in [0, 0.1) is 0 Å². The van der Waals surface area contributed by atoms with E-state index >= 15 is 0 Å². The van der Waals surface area contributed by atoms with Crippen LogP contribution < -0.4 is 14.4 Å². The maximum atomic E-state index is 5.53. The van der Waals surface area contributed by atoms with Crippen LogP contribution >= 0.6 is 11.3 Å². The van der Waals surface area contributed by atoms with Gasteiger partial charge in [-0.05, 0) is 29.6 Å². The third-order valence-electron chi connectivity index (χ3n) is 4.86. The van der Waals surface area contributed by atoms with Crippen molar-refractivity contribution in [1.82, 2.24) is 10.1 Å². The standard InChI is InChI=1S/C19H21N3O3S/c1-23-15-8-7-13(11-16(15)24-2)19-20-18(25-21-19)12-22-9-3-5-14(22)17-6-4-10-26-17/h4,6-8,10-11,14H,3,5,9,12H2,1-2H3/p+1/t14-/m0/s1. The lowest BCUT2D eigenvalue weighted by molar-refractivity contribution is -0.932. The minimum atomic E-state index is 0.534. The highest BCUT2D eigenvalue weighted by Gasteiger charge is 2.32. The number of hydrogen-bond acceptors (Lipinski definition) is 6. The normalized spacial score (nSPS) is 19.6. The van der Waals surface area contributed by atoms with E-state index in [4.69, 9.17) is 14.0 Å². The Morgan fingerprint density at radius 2 is 2.12 bits per heavy atom. The van der Waals surface area contributed by atoms with Crippen molar-refractivity contribution in [2.24, 2.45) is 0 Å². The molecule has 3 aromatic rings. The first kappa shape index (κ1) is 17.1. The zero-order valence-electron chi connectivity index (χ0n) is 14.9. The number of rotatable bonds is 6. The van der Waals surface area contributed by atoms with E-state index in [2.05, 4.69) is 27.7 Å². The molecule has 0 aliphatic carbocycles. The van der Waals surface area contributed by atoms with Gasteiger partial charge in [-0.2, -0.15) is 4.98 Å². The maximum Gasteiger partial charge on any atom is 0.282 e. The molecule has 136 valence electrons. The van der Waals surface area contributed by atoms with Crippen LogP contribution in [0.4, 0.5) is 0 Å². The lowest BCUT2D eigenvalue weighted by Gasteiger charge is -2.18. The van der Waals surface area contributed by atoms with Crippen LogP contribution in [0.3, 0.4) is 0 Å². The average molecular weight is 372 g/mol. The Morgan fingerprint density at radius 1 is 1.23 bits per heavy atom. The van der Waals surface area contributed by atoms with Crippen LogP contribution in [0.2, 0.25) is 0 Å². The second-order valence-electron chi connectivity index (χ2n) is 6.38. The number of thiophene rings is 1. The molecule has 0 saturated carbocycles. The minimum Gasteiger partial charge on any atom is -0.493 e. The van der Waals surface area contributed by atoms with Crippen molar-refractivity contribution >= 4 is 11.3 Å². The van der Waals surface area contributed by atoms with Gasteiger partial charge in [0.1, 0.15) is 6.04 Å². The molecule has 1 fully saturated rings. The van der Waals surface area contributed by atoms with E-state index in [0.717, 1.165) is 18.7 Å². The van der Waals surface area contributed by atoms with Gasteiger partial charge in [0.15, 0.2) is 18.0 Å². The van der Waals surface area contributed by atoms with Gasteiger partial charge in [0.2, 0.25) is 5.82 Å². The fourth-order valence-corrected chi connectivity index (χ4v) is 4.49. The molecule has 3 heterocycles. The first-order chi connectivity index (χ1) is 12.8. The number of likely N-dealkylation sites (tertiary alicyclic amines) is 1. The summed E-state index contributed by atoms with van der Waals surface area (Å²) in [4.78, 5) is 7.54. The van der Waals surface area contributed by atoms with Crippen molar-refractivity contribution in [3.05, 3.63) is 46.5 Å². The molecule has 26 heavy (non-hydrogen) atoms. The fraction of sp³-hybridized carbons (Fsp3) is 0.368. The Bertz CT molecular complexity index is 863. The second-order valence-corrected chi connectivity index (χ2v) is 7.36. The van der Waals surface area contributed by atoms with Crippen molar-refractivity contribution in [1.29, 1.82) is 0 Å². The summed E-state index contributed by atoms with van der Waals surface area (Å²) in [5, 5.41) is 6.30. The molecule has 0 spiro atoms. The first-order valence-electron chi connectivity index (χ1n) is 8.71. The lowest BCUT2D eigenvalue weighted by Crippen LogP contribution is -3.08. The zero-order valence-corrected chi connectivity index (χ0v) is 15.7. The third kappa shape index (κ3) is 3.32. The molecule has 1 aliphatic heterocycles. The second kappa shape index (κ2) is 7.47. The summed E-state index contributed by atoms with van der Waals surface area (Å²) in [5.41, 5.74) is 0.851. The summed E-state index contributed by atoms with van der Waals surface area (Å²) in [5.74, 6) is 2.58. The first-order valence-corrected chi connectivity index (χ1v) is 9.59. The van der Waals surface area contributed by atoms with Gasteiger partial charge in [0, 0.05) is 18.4 Å². The van der Waals surface area contributed by atoms with Crippen LogP contribution in [-0.2, 0) is 6.54 Å². The van der Waals surface area contributed by atoms with Gasteiger partial charge in [-0.15, -0.1) is 11.3 Å². The smallest absolute Gasteiger partial charge is 0.282 e. The van der Waals surface area contributed by atoms with E-state index < -0.39 is 0 Å². The van der Waals surface area contributed by atoms with Gasteiger partial charge in [-0.1, -0.05) is 11.2 Å². The number of aromatic nitrogens is 2. The Labute approximate surface area is 156 Å². The third-order valence-corrected chi connectivity index (χ3v) is 5.84. The number of hydrogen-bond donors (Lipinski definition) is 1. The molecule has 1 unspecified atom stereocenters. The van der Waals surface area contributed by atoms with Gasteiger partial charge in [-0.3, -0.25) is 0 Å². The number of methoxy groups -OCH3 is 2. The van der Waals surface area contributed by atoms with Crippen molar-refractivity contribution in [3.63, 3.8) is 0 Å². The van der Waals surface area contributed by atoms with Crippen LogP contribution in [0.1, 0.15) is 29.7 Å². The monoisotopic (exact) mass is 372 g/mol. The lowest BCUT2D eigenvalue weighted by atomic mass is 10.2. The predicted octanol–water partition coefficient (Wildman–Crippen LogP) is 2.74. The van der Waals surface area contributed by atoms with Gasteiger partial charge < -0.3 is 18.9 Å². The Balaban J connectivity index is 1.51. The molecule has 1 N–H and O–H groups in total.